The Kier molecular flexibility index (Phi) is 6.23. The van der Waals surface area contributed by atoms with E-state index < -0.39 is 0 Å². The molecule has 0 saturated carbocycles. The number of carbonyl (C=O) groups is 2. The topological polar surface area (TPSA) is 52.7 Å². The Hall–Kier alpha value is -2.04. The van der Waals surface area contributed by atoms with E-state index >= 15 is 0 Å². The number of likely N-dealkylation sites (tertiary alicyclic amines) is 1. The van der Waals surface area contributed by atoms with Crippen molar-refractivity contribution in [2.75, 3.05) is 32.1 Å². The molecule has 132 valence electrons. The minimum Gasteiger partial charge on any atom is -0.378 e. The SMILES string of the molecule is CC(C)CC(=O)N1CCC(NC(=O)c2ccc(N(C)C)cc2)CC1. The Labute approximate surface area is 145 Å². The zero-order valence-electron chi connectivity index (χ0n) is 15.2. The fourth-order valence-corrected chi connectivity index (χ4v) is 2.93. The van der Waals surface area contributed by atoms with Crippen LogP contribution in [-0.2, 0) is 4.79 Å². The molecule has 1 saturated heterocycles. The van der Waals surface area contributed by atoms with Crippen molar-refractivity contribution in [3.05, 3.63) is 29.8 Å². The molecule has 24 heavy (non-hydrogen) atoms. The summed E-state index contributed by atoms with van der Waals surface area (Å²) in [5, 5.41) is 3.09. The number of nitrogens with one attached hydrogen (secondary N) is 1. The Morgan fingerprint density at radius 3 is 2.25 bits per heavy atom. The summed E-state index contributed by atoms with van der Waals surface area (Å²) in [6, 6.07) is 7.75. The molecule has 5 heteroatoms. The number of hydrogen-bond acceptors (Lipinski definition) is 3. The summed E-state index contributed by atoms with van der Waals surface area (Å²) in [5.74, 6) is 0.585. The van der Waals surface area contributed by atoms with Gasteiger partial charge in [-0.3, -0.25) is 9.59 Å². The van der Waals surface area contributed by atoms with Gasteiger partial charge in [-0.25, -0.2) is 0 Å². The normalized spacial score (nSPS) is 15.5. The van der Waals surface area contributed by atoms with Crippen LogP contribution in [0.2, 0.25) is 0 Å². The molecule has 1 aromatic carbocycles. The van der Waals surface area contributed by atoms with Gasteiger partial charge in [-0.15, -0.1) is 0 Å². The van der Waals surface area contributed by atoms with Gasteiger partial charge in [0.1, 0.15) is 0 Å². The highest BCUT2D eigenvalue weighted by Gasteiger charge is 2.24. The molecule has 1 aliphatic rings. The van der Waals surface area contributed by atoms with E-state index in [-0.39, 0.29) is 17.9 Å². The lowest BCUT2D eigenvalue weighted by Crippen LogP contribution is -2.46. The lowest BCUT2D eigenvalue weighted by Gasteiger charge is -2.33. The molecule has 1 N–H and O–H groups in total. The summed E-state index contributed by atoms with van der Waals surface area (Å²) in [6.07, 6.45) is 2.26. The van der Waals surface area contributed by atoms with Gasteiger partial charge in [0.25, 0.3) is 5.91 Å². The van der Waals surface area contributed by atoms with Crippen LogP contribution < -0.4 is 10.2 Å². The maximum absolute atomic E-state index is 12.3. The van der Waals surface area contributed by atoms with Gasteiger partial charge in [0.05, 0.1) is 0 Å². The van der Waals surface area contributed by atoms with E-state index in [9.17, 15) is 9.59 Å². The van der Waals surface area contributed by atoms with E-state index in [2.05, 4.69) is 19.2 Å². The minimum absolute atomic E-state index is 0.0349. The molecule has 0 bridgehead atoms. The molecule has 0 aromatic heterocycles. The van der Waals surface area contributed by atoms with E-state index in [4.69, 9.17) is 0 Å². The highest BCUT2D eigenvalue weighted by molar-refractivity contribution is 5.94. The highest BCUT2D eigenvalue weighted by atomic mass is 16.2. The predicted octanol–water partition coefficient (Wildman–Crippen LogP) is 2.52. The summed E-state index contributed by atoms with van der Waals surface area (Å²) in [4.78, 5) is 28.4. The number of amides is 2. The van der Waals surface area contributed by atoms with Crippen LogP contribution in [0.15, 0.2) is 24.3 Å². The van der Waals surface area contributed by atoms with Crippen LogP contribution in [-0.4, -0.2) is 49.9 Å². The van der Waals surface area contributed by atoms with Crippen molar-refractivity contribution in [3.63, 3.8) is 0 Å². The van der Waals surface area contributed by atoms with Crippen LogP contribution in [0.5, 0.6) is 0 Å². The van der Waals surface area contributed by atoms with E-state index in [0.29, 0.717) is 17.9 Å². The molecular weight excluding hydrogens is 302 g/mol. The van der Waals surface area contributed by atoms with E-state index in [1.165, 1.54) is 0 Å². The average Bonchev–Trinajstić information content (AvgIpc) is 2.55. The molecule has 1 fully saturated rings. The van der Waals surface area contributed by atoms with Crippen LogP contribution in [0.1, 0.15) is 43.5 Å². The van der Waals surface area contributed by atoms with E-state index in [1.54, 1.807) is 0 Å². The van der Waals surface area contributed by atoms with Gasteiger partial charge in [0, 0.05) is 50.9 Å². The molecular formula is C19H29N3O2. The van der Waals surface area contributed by atoms with Crippen LogP contribution in [0.3, 0.4) is 0 Å². The van der Waals surface area contributed by atoms with Crippen LogP contribution in [0.4, 0.5) is 5.69 Å². The van der Waals surface area contributed by atoms with Gasteiger partial charge >= 0.3 is 0 Å². The van der Waals surface area contributed by atoms with Crippen LogP contribution >= 0.6 is 0 Å². The summed E-state index contributed by atoms with van der Waals surface area (Å²) < 4.78 is 0. The van der Waals surface area contributed by atoms with E-state index in [1.807, 2.05) is 48.2 Å². The number of hydrogen-bond donors (Lipinski definition) is 1. The standard InChI is InChI=1S/C19H29N3O2/c1-14(2)13-18(23)22-11-9-16(10-12-22)20-19(24)15-5-7-17(8-6-15)21(3)4/h5-8,14,16H,9-13H2,1-4H3,(H,20,24). The maximum atomic E-state index is 12.3. The number of benzene rings is 1. The fourth-order valence-electron chi connectivity index (χ4n) is 2.93. The van der Waals surface area contributed by atoms with Gasteiger partial charge in [0.15, 0.2) is 0 Å². The summed E-state index contributed by atoms with van der Waals surface area (Å²) in [7, 11) is 3.95. The van der Waals surface area contributed by atoms with Crippen molar-refractivity contribution < 1.29 is 9.59 Å². The van der Waals surface area contributed by atoms with Crippen molar-refractivity contribution in [3.8, 4) is 0 Å². The third kappa shape index (κ3) is 4.98. The van der Waals surface area contributed by atoms with E-state index in [0.717, 1.165) is 31.6 Å². The van der Waals surface area contributed by atoms with Crippen molar-refractivity contribution in [1.82, 2.24) is 10.2 Å². The molecule has 0 unspecified atom stereocenters. The van der Waals surface area contributed by atoms with Gasteiger partial charge in [-0.05, 0) is 43.0 Å². The molecule has 1 aromatic rings. The van der Waals surface area contributed by atoms with Crippen molar-refractivity contribution in [2.45, 2.75) is 39.2 Å². The van der Waals surface area contributed by atoms with Gasteiger partial charge in [-0.2, -0.15) is 0 Å². The number of anilines is 1. The Balaban J connectivity index is 1.83. The first-order valence-electron chi connectivity index (χ1n) is 8.73. The zero-order valence-corrected chi connectivity index (χ0v) is 15.2. The Bertz CT molecular complexity index is 558. The van der Waals surface area contributed by atoms with Crippen molar-refractivity contribution in [1.29, 1.82) is 0 Å². The molecule has 0 spiro atoms. The first-order chi connectivity index (χ1) is 11.4. The lowest BCUT2D eigenvalue weighted by atomic mass is 10.0. The number of piperidine rings is 1. The Morgan fingerprint density at radius 2 is 1.75 bits per heavy atom. The second-order valence-electron chi connectivity index (χ2n) is 7.17. The molecule has 0 atom stereocenters. The molecule has 0 radical (unpaired) electrons. The molecule has 1 aliphatic heterocycles. The third-order valence-electron chi connectivity index (χ3n) is 4.41. The summed E-state index contributed by atoms with van der Waals surface area (Å²) in [5.41, 5.74) is 1.75. The molecule has 0 aliphatic carbocycles. The number of rotatable bonds is 5. The predicted molar refractivity (Wildman–Crippen MR) is 97.3 cm³/mol. The van der Waals surface area contributed by atoms with Gasteiger partial charge in [0.2, 0.25) is 5.91 Å². The first kappa shape index (κ1) is 18.3. The second kappa shape index (κ2) is 8.18. The Morgan fingerprint density at radius 1 is 1.17 bits per heavy atom. The smallest absolute Gasteiger partial charge is 0.251 e. The summed E-state index contributed by atoms with van der Waals surface area (Å²) >= 11 is 0. The van der Waals surface area contributed by atoms with Gasteiger partial charge < -0.3 is 15.1 Å². The molecule has 2 rings (SSSR count). The highest BCUT2D eigenvalue weighted by Crippen LogP contribution is 2.16. The van der Waals surface area contributed by atoms with Crippen molar-refractivity contribution in [2.24, 2.45) is 5.92 Å². The lowest BCUT2D eigenvalue weighted by molar-refractivity contribution is -0.133. The summed E-state index contributed by atoms with van der Waals surface area (Å²) in [6.45, 7) is 5.59. The van der Waals surface area contributed by atoms with Crippen molar-refractivity contribution >= 4 is 17.5 Å². The van der Waals surface area contributed by atoms with Crippen LogP contribution in [0, 0.1) is 5.92 Å². The minimum atomic E-state index is -0.0349. The second-order valence-corrected chi connectivity index (χ2v) is 7.17. The largest absolute Gasteiger partial charge is 0.378 e. The van der Waals surface area contributed by atoms with Gasteiger partial charge in [-0.1, -0.05) is 13.8 Å². The zero-order chi connectivity index (χ0) is 17.7. The number of nitrogens with zero attached hydrogens (tertiary/aromatic N) is 2. The molecule has 1 heterocycles. The monoisotopic (exact) mass is 331 g/mol. The maximum Gasteiger partial charge on any atom is 0.251 e. The fraction of sp³-hybridized carbons (Fsp3) is 0.579. The quantitative estimate of drug-likeness (QED) is 0.902. The third-order valence-corrected chi connectivity index (χ3v) is 4.41. The number of carbonyl (C=O) groups excluding carboxylic acids is 2. The first-order valence-corrected chi connectivity index (χ1v) is 8.73. The molecule has 2 amide bonds. The van der Waals surface area contributed by atoms with Crippen LogP contribution in [0.25, 0.3) is 0 Å². The average molecular weight is 331 g/mol. The molecule has 5 nitrogen and oxygen atoms in total.